The molecule has 1 aliphatic heterocycles. The molecule has 0 radical (unpaired) electrons. The molecule has 2 aromatic rings. The van der Waals surface area contributed by atoms with E-state index in [1.165, 1.54) is 6.92 Å². The second-order valence-electron chi connectivity index (χ2n) is 6.12. The first kappa shape index (κ1) is 16.0. The number of carbonyl (C=O) groups excluding carboxylic acids is 1. The minimum absolute atomic E-state index is 0.146. The lowest BCUT2D eigenvalue weighted by molar-refractivity contribution is -0.149. The summed E-state index contributed by atoms with van der Waals surface area (Å²) < 4.78 is 1.87. The second kappa shape index (κ2) is 5.94. The molecular weight excluding hydrogens is 316 g/mol. The summed E-state index contributed by atoms with van der Waals surface area (Å²) in [4.78, 5) is 14.4. The summed E-state index contributed by atoms with van der Waals surface area (Å²) in [6.07, 6.45) is 2.47. The summed E-state index contributed by atoms with van der Waals surface area (Å²) in [6, 6.07) is 6.70. The van der Waals surface area contributed by atoms with Crippen molar-refractivity contribution >= 4 is 17.5 Å². The van der Waals surface area contributed by atoms with E-state index in [9.17, 15) is 9.90 Å². The first-order chi connectivity index (χ1) is 10.9. The fourth-order valence-corrected chi connectivity index (χ4v) is 3.15. The number of halogens is 1. The van der Waals surface area contributed by atoms with Gasteiger partial charge in [-0.15, -0.1) is 10.2 Å². The van der Waals surface area contributed by atoms with Gasteiger partial charge in [-0.05, 0) is 31.0 Å². The van der Waals surface area contributed by atoms with Crippen LogP contribution in [0.1, 0.15) is 30.7 Å². The topological polar surface area (TPSA) is 71.2 Å². The molecule has 1 aliphatic rings. The van der Waals surface area contributed by atoms with Gasteiger partial charge in [0.1, 0.15) is 12.2 Å². The first-order valence-corrected chi connectivity index (χ1v) is 7.89. The Morgan fingerprint density at radius 2 is 2.09 bits per heavy atom. The van der Waals surface area contributed by atoms with Gasteiger partial charge in [0, 0.05) is 31.1 Å². The quantitative estimate of drug-likeness (QED) is 0.927. The number of aromatic nitrogens is 3. The van der Waals surface area contributed by atoms with E-state index < -0.39 is 5.60 Å². The van der Waals surface area contributed by atoms with Gasteiger partial charge >= 0.3 is 0 Å². The van der Waals surface area contributed by atoms with Crippen LogP contribution in [0, 0.1) is 0 Å². The lowest BCUT2D eigenvalue weighted by Gasteiger charge is -2.28. The molecule has 0 spiro atoms. The monoisotopic (exact) mass is 334 g/mol. The number of hydrogen-bond donors (Lipinski definition) is 1. The Morgan fingerprint density at radius 3 is 2.70 bits per heavy atom. The molecule has 1 amide bonds. The number of aryl methyl sites for hydroxylation is 1. The minimum atomic E-state index is -1.57. The van der Waals surface area contributed by atoms with E-state index in [0.29, 0.717) is 23.7 Å². The predicted molar refractivity (Wildman–Crippen MR) is 86.0 cm³/mol. The van der Waals surface area contributed by atoms with Gasteiger partial charge in [0.15, 0.2) is 5.60 Å². The summed E-state index contributed by atoms with van der Waals surface area (Å²) in [5.41, 5.74) is -1.03. The first-order valence-electron chi connectivity index (χ1n) is 7.51. The largest absolute Gasteiger partial charge is 0.376 e. The minimum Gasteiger partial charge on any atom is -0.376 e. The number of likely N-dealkylation sites (tertiary alicyclic amines) is 1. The number of benzene rings is 1. The Balaban J connectivity index is 1.76. The van der Waals surface area contributed by atoms with E-state index >= 15 is 0 Å². The highest BCUT2D eigenvalue weighted by Crippen LogP contribution is 2.30. The zero-order valence-corrected chi connectivity index (χ0v) is 13.9. The fraction of sp³-hybridized carbons (Fsp3) is 0.438. The Hall–Kier alpha value is -1.92. The number of amides is 1. The van der Waals surface area contributed by atoms with E-state index in [1.807, 2.05) is 11.6 Å². The lowest BCUT2D eigenvalue weighted by Crippen LogP contribution is -2.44. The van der Waals surface area contributed by atoms with Crippen LogP contribution in [0.3, 0.4) is 0 Å². The van der Waals surface area contributed by atoms with Crippen LogP contribution in [0.5, 0.6) is 0 Å². The molecule has 1 aromatic heterocycles. The van der Waals surface area contributed by atoms with Crippen molar-refractivity contribution in [2.75, 3.05) is 13.1 Å². The van der Waals surface area contributed by atoms with Crippen molar-refractivity contribution < 1.29 is 9.90 Å². The highest BCUT2D eigenvalue weighted by atomic mass is 35.5. The van der Waals surface area contributed by atoms with Crippen molar-refractivity contribution in [1.29, 1.82) is 0 Å². The standard InChI is InChI=1S/C16H19ClN4O2/c1-16(23,12-3-5-13(17)6-4-12)15(22)21-8-7-11(9-21)14-19-18-10-20(14)2/h3-6,10-11,23H,7-9H2,1-2H3. The van der Waals surface area contributed by atoms with Gasteiger partial charge in [0.05, 0.1) is 0 Å². The number of carbonyl (C=O) groups is 1. The maximum atomic E-state index is 12.8. The summed E-state index contributed by atoms with van der Waals surface area (Å²) in [7, 11) is 1.89. The zero-order valence-electron chi connectivity index (χ0n) is 13.1. The highest BCUT2D eigenvalue weighted by molar-refractivity contribution is 6.30. The van der Waals surface area contributed by atoms with Gasteiger partial charge in [-0.3, -0.25) is 4.79 Å². The number of rotatable bonds is 3. The Kier molecular flexibility index (Phi) is 4.12. The fourth-order valence-electron chi connectivity index (χ4n) is 3.02. The van der Waals surface area contributed by atoms with Crippen molar-refractivity contribution in [3.8, 4) is 0 Å². The summed E-state index contributed by atoms with van der Waals surface area (Å²) in [5, 5.41) is 19.3. The van der Waals surface area contributed by atoms with E-state index in [-0.39, 0.29) is 11.8 Å². The van der Waals surface area contributed by atoms with Crippen LogP contribution in [0.25, 0.3) is 0 Å². The summed E-state index contributed by atoms with van der Waals surface area (Å²) in [5.74, 6) is 0.711. The van der Waals surface area contributed by atoms with Crippen LogP contribution >= 0.6 is 11.6 Å². The normalized spacial score (nSPS) is 20.5. The molecule has 6 nitrogen and oxygen atoms in total. The van der Waals surface area contributed by atoms with Crippen LogP contribution in [0.15, 0.2) is 30.6 Å². The number of aliphatic hydroxyl groups is 1. The Labute approximate surface area is 139 Å². The molecule has 0 saturated carbocycles. The molecule has 2 heterocycles. The molecule has 1 aromatic carbocycles. The third kappa shape index (κ3) is 2.96. The third-order valence-corrected chi connectivity index (χ3v) is 4.66. The van der Waals surface area contributed by atoms with Crippen molar-refractivity contribution in [3.63, 3.8) is 0 Å². The zero-order chi connectivity index (χ0) is 16.6. The molecule has 1 N–H and O–H groups in total. The van der Waals surface area contributed by atoms with Gasteiger partial charge in [-0.25, -0.2) is 0 Å². The smallest absolute Gasteiger partial charge is 0.258 e. The molecule has 7 heteroatoms. The van der Waals surface area contributed by atoms with Gasteiger partial charge in [0.2, 0.25) is 0 Å². The van der Waals surface area contributed by atoms with Gasteiger partial charge in [0.25, 0.3) is 5.91 Å². The van der Waals surface area contributed by atoms with Crippen molar-refractivity contribution in [1.82, 2.24) is 19.7 Å². The molecular formula is C16H19ClN4O2. The second-order valence-corrected chi connectivity index (χ2v) is 6.55. The summed E-state index contributed by atoms with van der Waals surface area (Å²) in [6.45, 7) is 2.66. The van der Waals surface area contributed by atoms with E-state index in [1.54, 1.807) is 35.5 Å². The van der Waals surface area contributed by atoms with Crippen LogP contribution in [0.4, 0.5) is 0 Å². The molecule has 3 rings (SSSR count). The Bertz CT molecular complexity index is 711. The molecule has 122 valence electrons. The average Bonchev–Trinajstić information content (AvgIpc) is 3.15. The van der Waals surface area contributed by atoms with Crippen LogP contribution < -0.4 is 0 Å². The van der Waals surface area contributed by atoms with Crippen LogP contribution in [-0.4, -0.2) is 43.8 Å². The summed E-state index contributed by atoms with van der Waals surface area (Å²) >= 11 is 5.87. The SMILES string of the molecule is Cn1cnnc1C1CCN(C(=O)C(C)(O)c2ccc(Cl)cc2)C1. The number of nitrogens with zero attached hydrogens (tertiary/aromatic N) is 4. The van der Waals surface area contributed by atoms with E-state index in [2.05, 4.69) is 10.2 Å². The third-order valence-electron chi connectivity index (χ3n) is 4.41. The van der Waals surface area contributed by atoms with Crippen LogP contribution in [0.2, 0.25) is 5.02 Å². The van der Waals surface area contributed by atoms with Crippen molar-refractivity contribution in [2.24, 2.45) is 7.05 Å². The highest BCUT2D eigenvalue weighted by Gasteiger charge is 2.40. The number of hydrogen-bond acceptors (Lipinski definition) is 4. The van der Waals surface area contributed by atoms with Gasteiger partial charge in [-0.2, -0.15) is 0 Å². The van der Waals surface area contributed by atoms with Crippen molar-refractivity contribution in [2.45, 2.75) is 24.9 Å². The molecule has 23 heavy (non-hydrogen) atoms. The molecule has 1 fully saturated rings. The molecule has 2 atom stereocenters. The van der Waals surface area contributed by atoms with Crippen LogP contribution in [-0.2, 0) is 17.4 Å². The maximum Gasteiger partial charge on any atom is 0.258 e. The molecule has 2 unspecified atom stereocenters. The van der Waals surface area contributed by atoms with E-state index in [4.69, 9.17) is 11.6 Å². The molecule has 0 aliphatic carbocycles. The predicted octanol–water partition coefficient (Wildman–Crippen LogP) is 1.69. The Morgan fingerprint density at radius 1 is 1.39 bits per heavy atom. The van der Waals surface area contributed by atoms with Crippen molar-refractivity contribution in [3.05, 3.63) is 47.0 Å². The van der Waals surface area contributed by atoms with Gasteiger partial charge in [-0.1, -0.05) is 23.7 Å². The lowest BCUT2D eigenvalue weighted by atomic mass is 9.94. The maximum absolute atomic E-state index is 12.8. The molecule has 0 bridgehead atoms. The van der Waals surface area contributed by atoms with E-state index in [0.717, 1.165) is 12.2 Å². The van der Waals surface area contributed by atoms with Gasteiger partial charge < -0.3 is 14.6 Å². The molecule has 1 saturated heterocycles. The average molecular weight is 335 g/mol.